The molecule has 2 aromatic carbocycles. The van der Waals surface area contributed by atoms with Crippen molar-refractivity contribution >= 4 is 17.4 Å². The van der Waals surface area contributed by atoms with Crippen molar-refractivity contribution in [2.75, 3.05) is 19.6 Å². The van der Waals surface area contributed by atoms with Crippen LogP contribution in [0.4, 0.5) is 13.2 Å². The van der Waals surface area contributed by atoms with Crippen LogP contribution >= 0.6 is 0 Å². The third kappa shape index (κ3) is 11.4. The fourth-order valence-electron chi connectivity index (χ4n) is 9.89. The van der Waals surface area contributed by atoms with Crippen molar-refractivity contribution < 1.29 is 22.8 Å². The number of amides is 2. The van der Waals surface area contributed by atoms with Crippen LogP contribution in [0, 0.1) is 17.8 Å². The molecule has 56 heavy (non-hydrogen) atoms. The van der Waals surface area contributed by atoms with Gasteiger partial charge in [0.1, 0.15) is 0 Å². The third-order valence-corrected chi connectivity index (χ3v) is 13.0. The summed E-state index contributed by atoms with van der Waals surface area (Å²) in [4.78, 5) is 29.9. The lowest BCUT2D eigenvalue weighted by molar-refractivity contribution is -0.138. The molecule has 2 aromatic rings. The second-order valence-electron chi connectivity index (χ2n) is 17.4. The molecule has 4 fully saturated rings. The standard InChI is InChI=1S/C38H49F3N4O2.C9H16/c1-3-4-12-36(46)42-20-7-5-6-9-27(2)43-25-29-15-13-28(14-16-29)22-37(47)45-33-19-21-44(26-33)34-18-17-31(24-35(34)45)30-10-8-11-32(23-30)38(39,40)41;1-7-5-8-3-2-4-9(8)6-7/h8,10-11,13-18,23-24,27,33-35,43H,3-7,9,12,19-22,25-26H2,1-2H3,(H,42,46);7-9H,2-6H2,1H3/t27?,33-,34?,35?;/m0./s1. The van der Waals surface area contributed by atoms with Gasteiger partial charge in [-0.1, -0.05) is 107 Å². The summed E-state index contributed by atoms with van der Waals surface area (Å²) < 4.78 is 40.2. The lowest BCUT2D eigenvalue weighted by Gasteiger charge is -2.46. The van der Waals surface area contributed by atoms with E-state index in [2.05, 4.69) is 54.5 Å². The van der Waals surface area contributed by atoms with Gasteiger partial charge in [0, 0.05) is 44.7 Å². The number of allylic oxidation sites excluding steroid dienone is 2. The number of hydrogen-bond donors (Lipinski definition) is 2. The number of hydrogen-bond acceptors (Lipinski definition) is 4. The average Bonchev–Trinajstić information content (AvgIpc) is 3.90. The first-order chi connectivity index (χ1) is 27.0. The molecule has 0 spiro atoms. The number of nitrogens with zero attached hydrogens (tertiary/aromatic N) is 2. The number of nitrogens with one attached hydrogen (secondary N) is 2. The van der Waals surface area contributed by atoms with Gasteiger partial charge in [0.05, 0.1) is 24.1 Å². The number of piperazine rings is 1. The van der Waals surface area contributed by atoms with Gasteiger partial charge in [0.15, 0.2) is 0 Å². The number of carbonyl (C=O) groups excluding carboxylic acids is 2. The Morgan fingerprint density at radius 2 is 1.68 bits per heavy atom. The van der Waals surface area contributed by atoms with E-state index < -0.39 is 11.7 Å². The van der Waals surface area contributed by atoms with E-state index in [1.807, 2.05) is 29.2 Å². The molecule has 2 aliphatic heterocycles. The Labute approximate surface area is 333 Å². The van der Waals surface area contributed by atoms with Gasteiger partial charge in [0.2, 0.25) is 11.8 Å². The topological polar surface area (TPSA) is 64.7 Å². The normalized spacial score (nSPS) is 26.9. The van der Waals surface area contributed by atoms with Crippen LogP contribution in [-0.2, 0) is 28.7 Å². The average molecular weight is 775 g/mol. The smallest absolute Gasteiger partial charge is 0.356 e. The summed E-state index contributed by atoms with van der Waals surface area (Å²) in [7, 11) is 0. The van der Waals surface area contributed by atoms with Gasteiger partial charge in [0.25, 0.3) is 0 Å². The zero-order chi connectivity index (χ0) is 39.7. The molecule has 5 aliphatic rings. The molecule has 2 saturated carbocycles. The summed E-state index contributed by atoms with van der Waals surface area (Å²) in [5.74, 6) is 3.58. The number of alkyl halides is 3. The summed E-state index contributed by atoms with van der Waals surface area (Å²) in [6.07, 6.45) is 17.4. The Kier molecular flexibility index (Phi) is 14.9. The molecule has 7 atom stereocenters. The largest absolute Gasteiger partial charge is 0.416 e. The summed E-state index contributed by atoms with van der Waals surface area (Å²) in [6, 6.07) is 13.9. The summed E-state index contributed by atoms with van der Waals surface area (Å²) in [5.41, 5.74) is 2.68. The predicted octanol–water partition coefficient (Wildman–Crippen LogP) is 9.73. The minimum atomic E-state index is -4.41. The number of fused-ring (bicyclic) bond motifs is 5. The Hall–Kier alpha value is -3.43. The van der Waals surface area contributed by atoms with E-state index in [0.717, 1.165) is 106 Å². The molecule has 2 amide bonds. The monoisotopic (exact) mass is 775 g/mol. The predicted molar refractivity (Wildman–Crippen MR) is 220 cm³/mol. The molecule has 0 radical (unpaired) electrons. The van der Waals surface area contributed by atoms with E-state index in [1.165, 1.54) is 24.1 Å². The maximum absolute atomic E-state index is 13.9. The van der Waals surface area contributed by atoms with E-state index >= 15 is 0 Å². The molecule has 7 rings (SSSR count). The highest BCUT2D eigenvalue weighted by molar-refractivity contribution is 5.82. The van der Waals surface area contributed by atoms with Gasteiger partial charge in [-0.15, -0.1) is 0 Å². The summed E-state index contributed by atoms with van der Waals surface area (Å²) in [6.45, 7) is 9.94. The van der Waals surface area contributed by atoms with Crippen molar-refractivity contribution in [3.63, 3.8) is 0 Å². The van der Waals surface area contributed by atoms with Crippen molar-refractivity contribution in [2.45, 2.75) is 148 Å². The first-order valence-corrected chi connectivity index (χ1v) is 21.7. The molecule has 3 aliphatic carbocycles. The quantitative estimate of drug-likeness (QED) is 0.177. The minimum absolute atomic E-state index is 0.0270. The Morgan fingerprint density at radius 1 is 0.929 bits per heavy atom. The van der Waals surface area contributed by atoms with Crippen LogP contribution in [0.15, 0.2) is 66.8 Å². The number of halogens is 3. The van der Waals surface area contributed by atoms with Crippen molar-refractivity contribution in [1.82, 2.24) is 20.4 Å². The summed E-state index contributed by atoms with van der Waals surface area (Å²) >= 11 is 0. The number of rotatable bonds is 15. The van der Waals surface area contributed by atoms with E-state index in [9.17, 15) is 22.8 Å². The highest BCUT2D eigenvalue weighted by atomic mass is 19.4. The van der Waals surface area contributed by atoms with Crippen LogP contribution in [0.25, 0.3) is 5.57 Å². The molecular weight excluding hydrogens is 710 g/mol. The molecule has 0 aromatic heterocycles. The zero-order valence-electron chi connectivity index (χ0n) is 34.0. The van der Waals surface area contributed by atoms with Crippen LogP contribution < -0.4 is 10.6 Å². The Morgan fingerprint density at radius 3 is 2.41 bits per heavy atom. The molecule has 6 unspecified atom stereocenters. The summed E-state index contributed by atoms with van der Waals surface area (Å²) in [5, 5.41) is 6.60. The molecule has 306 valence electrons. The van der Waals surface area contributed by atoms with Gasteiger partial charge in [-0.2, -0.15) is 13.2 Å². The van der Waals surface area contributed by atoms with E-state index in [0.29, 0.717) is 24.4 Å². The lowest BCUT2D eigenvalue weighted by Crippen LogP contribution is -2.60. The molecule has 2 heterocycles. The van der Waals surface area contributed by atoms with Crippen LogP contribution in [0.1, 0.15) is 126 Å². The molecule has 9 heteroatoms. The van der Waals surface area contributed by atoms with Crippen LogP contribution in [0.5, 0.6) is 0 Å². The second kappa shape index (κ2) is 19.8. The zero-order valence-corrected chi connectivity index (χ0v) is 34.0. The molecule has 2 saturated heterocycles. The van der Waals surface area contributed by atoms with Crippen LogP contribution in [0.3, 0.4) is 0 Å². The lowest BCUT2D eigenvalue weighted by atomic mass is 9.89. The maximum atomic E-state index is 13.9. The fourth-order valence-corrected chi connectivity index (χ4v) is 9.89. The van der Waals surface area contributed by atoms with Crippen LogP contribution in [-0.4, -0.2) is 65.4 Å². The first kappa shape index (κ1) is 42.2. The van der Waals surface area contributed by atoms with Gasteiger partial charge >= 0.3 is 6.18 Å². The van der Waals surface area contributed by atoms with Crippen molar-refractivity contribution in [2.24, 2.45) is 17.8 Å². The molecule has 2 N–H and O–H groups in total. The second-order valence-corrected chi connectivity index (χ2v) is 17.4. The number of unbranched alkanes of at least 4 members (excludes halogenated alkanes) is 3. The highest BCUT2D eigenvalue weighted by Gasteiger charge is 2.46. The third-order valence-electron chi connectivity index (χ3n) is 13.0. The van der Waals surface area contributed by atoms with Gasteiger partial charge in [-0.3, -0.25) is 14.5 Å². The van der Waals surface area contributed by atoms with Gasteiger partial charge in [-0.25, -0.2) is 0 Å². The SMILES string of the molecule is CC1CC2CCCC2C1.CCCCC(=O)NCCCCCC(C)NCc1ccc(CC(=O)N2C3C=C(c4cccc(C(F)(F)F)c4)C=CC3N3CC[C@H]2C3)cc1. The van der Waals surface area contributed by atoms with E-state index in [-0.39, 0.29) is 29.9 Å². The van der Waals surface area contributed by atoms with Gasteiger partial charge in [-0.05, 0) is 97.6 Å². The highest BCUT2D eigenvalue weighted by Crippen LogP contribution is 2.46. The van der Waals surface area contributed by atoms with Crippen molar-refractivity contribution in [3.05, 3.63) is 89.0 Å². The van der Waals surface area contributed by atoms with Crippen molar-refractivity contribution in [1.29, 1.82) is 0 Å². The maximum Gasteiger partial charge on any atom is 0.416 e. The first-order valence-electron chi connectivity index (χ1n) is 21.7. The molecule has 6 nitrogen and oxygen atoms in total. The Bertz CT molecular complexity index is 1640. The van der Waals surface area contributed by atoms with E-state index in [4.69, 9.17) is 0 Å². The molecule has 2 bridgehead atoms. The number of benzene rings is 2. The minimum Gasteiger partial charge on any atom is -0.356 e. The Balaban J connectivity index is 0.000000512. The van der Waals surface area contributed by atoms with E-state index in [1.54, 1.807) is 31.7 Å². The van der Waals surface area contributed by atoms with Crippen LogP contribution in [0.2, 0.25) is 0 Å². The molecular formula is C47H65F3N4O2. The number of carbonyl (C=O) groups is 2. The van der Waals surface area contributed by atoms with Crippen molar-refractivity contribution in [3.8, 4) is 0 Å². The van der Waals surface area contributed by atoms with Gasteiger partial charge < -0.3 is 15.5 Å². The fraction of sp³-hybridized carbons (Fsp3) is 0.617.